The summed E-state index contributed by atoms with van der Waals surface area (Å²) in [6.45, 7) is 5.81. The van der Waals surface area contributed by atoms with Crippen LogP contribution in [0.4, 0.5) is 0 Å². The van der Waals surface area contributed by atoms with Crippen molar-refractivity contribution >= 4 is 35.1 Å². The molecule has 0 aliphatic carbocycles. The van der Waals surface area contributed by atoms with Crippen LogP contribution >= 0.6 is 23.2 Å². The molecular formula is C28H32Cl2N4O5. The molecular weight excluding hydrogens is 543 g/mol. The van der Waals surface area contributed by atoms with Gasteiger partial charge in [0, 0.05) is 33.6 Å². The summed E-state index contributed by atoms with van der Waals surface area (Å²) in [7, 11) is 0. The van der Waals surface area contributed by atoms with Crippen LogP contribution in [-0.2, 0) is 20.9 Å². The van der Waals surface area contributed by atoms with E-state index in [1.54, 1.807) is 68.0 Å². The average Bonchev–Trinajstić information content (AvgIpc) is 3.37. The van der Waals surface area contributed by atoms with Crippen molar-refractivity contribution in [1.82, 2.24) is 20.3 Å². The van der Waals surface area contributed by atoms with Crippen LogP contribution in [0.15, 0.2) is 54.7 Å². The highest BCUT2D eigenvalue weighted by atomic mass is 35.5. The molecule has 9 nitrogen and oxygen atoms in total. The molecule has 1 aliphatic rings. The lowest BCUT2D eigenvalue weighted by Crippen LogP contribution is -2.70. The number of carboxylic acids is 2. The van der Waals surface area contributed by atoms with Crippen molar-refractivity contribution < 1.29 is 24.5 Å². The van der Waals surface area contributed by atoms with Crippen LogP contribution in [0.1, 0.15) is 38.7 Å². The fraction of sp³-hybridized carbons (Fsp3) is 0.429. The Labute approximate surface area is 237 Å². The molecule has 1 aliphatic heterocycles. The van der Waals surface area contributed by atoms with Gasteiger partial charge in [0.25, 0.3) is 0 Å². The highest BCUT2D eigenvalue weighted by Gasteiger charge is 2.65. The molecule has 11 heteroatoms. The smallest absolute Gasteiger partial charge is 0.311 e. The maximum Gasteiger partial charge on any atom is 0.311 e. The fourth-order valence-corrected chi connectivity index (χ4v) is 6.28. The highest BCUT2D eigenvalue weighted by molar-refractivity contribution is 6.31. The Balaban J connectivity index is 1.57. The van der Waals surface area contributed by atoms with Crippen molar-refractivity contribution in [3.05, 3.63) is 70.3 Å². The second kappa shape index (κ2) is 11.6. The summed E-state index contributed by atoms with van der Waals surface area (Å²) >= 11 is 12.6. The molecule has 5 atom stereocenters. The predicted octanol–water partition coefficient (Wildman–Crippen LogP) is 4.98. The third-order valence-corrected chi connectivity index (χ3v) is 8.74. The minimum atomic E-state index is -1.50. The Hall–Kier alpha value is -2.98. The number of ether oxygens (including phenoxy) is 1. The van der Waals surface area contributed by atoms with Gasteiger partial charge in [0.2, 0.25) is 0 Å². The van der Waals surface area contributed by atoms with Gasteiger partial charge in [0.1, 0.15) is 5.69 Å². The predicted molar refractivity (Wildman–Crippen MR) is 148 cm³/mol. The van der Waals surface area contributed by atoms with Crippen molar-refractivity contribution in [3.63, 3.8) is 0 Å². The van der Waals surface area contributed by atoms with E-state index < -0.39 is 40.8 Å². The number of benzene rings is 2. The Bertz CT molecular complexity index is 1350. The molecule has 0 amide bonds. The molecule has 5 unspecified atom stereocenters. The number of nitrogens with one attached hydrogen (secondary N) is 1. The van der Waals surface area contributed by atoms with Gasteiger partial charge < -0.3 is 20.3 Å². The van der Waals surface area contributed by atoms with Gasteiger partial charge in [-0.15, -0.1) is 5.10 Å². The SMILES string of the molecule is CCC1(C(=O)O)C(COCCn2cc(-c3cccc(Cl)c3)nn2)NC(C)C(C)(C(=O)O)C1c1ccccc1Cl. The van der Waals surface area contributed by atoms with Crippen molar-refractivity contribution in [1.29, 1.82) is 0 Å². The second-order valence-corrected chi connectivity index (χ2v) is 11.0. The fourth-order valence-electron chi connectivity index (χ4n) is 5.85. The quantitative estimate of drug-likeness (QED) is 0.289. The van der Waals surface area contributed by atoms with E-state index in [1.165, 1.54) is 0 Å². The third kappa shape index (κ3) is 5.28. The number of rotatable bonds is 10. The normalized spacial score (nSPS) is 26.8. The molecule has 3 N–H and O–H groups in total. The maximum atomic E-state index is 13.1. The van der Waals surface area contributed by atoms with Gasteiger partial charge in [-0.3, -0.25) is 9.59 Å². The number of aliphatic carboxylic acids is 2. The van der Waals surface area contributed by atoms with E-state index in [0.717, 1.165) is 5.56 Å². The van der Waals surface area contributed by atoms with Crippen LogP contribution in [0.5, 0.6) is 0 Å². The number of halogens is 2. The van der Waals surface area contributed by atoms with Gasteiger partial charge in [-0.05, 0) is 44.0 Å². The number of hydrogen-bond acceptors (Lipinski definition) is 6. The molecule has 3 aromatic rings. The summed E-state index contributed by atoms with van der Waals surface area (Å²) in [6, 6.07) is 12.9. The molecule has 1 fully saturated rings. The van der Waals surface area contributed by atoms with Crippen LogP contribution in [0, 0.1) is 10.8 Å². The zero-order valence-electron chi connectivity index (χ0n) is 22.0. The summed E-state index contributed by atoms with van der Waals surface area (Å²) in [5.41, 5.74) is -0.934. The van der Waals surface area contributed by atoms with Crippen LogP contribution in [-0.4, -0.2) is 62.4 Å². The summed E-state index contributed by atoms with van der Waals surface area (Å²) in [5, 5.41) is 33.6. The molecule has 208 valence electrons. The molecule has 2 aromatic carbocycles. The summed E-state index contributed by atoms with van der Waals surface area (Å²) in [5.74, 6) is -3.11. The van der Waals surface area contributed by atoms with Gasteiger partial charge >= 0.3 is 11.9 Å². The molecule has 0 spiro atoms. The average molecular weight is 575 g/mol. The van der Waals surface area contributed by atoms with Crippen molar-refractivity contribution in [2.45, 2.75) is 51.7 Å². The molecule has 0 bridgehead atoms. The Morgan fingerprint density at radius 3 is 2.51 bits per heavy atom. The molecule has 1 saturated heterocycles. The van der Waals surface area contributed by atoms with Gasteiger partial charge in [-0.25, -0.2) is 4.68 Å². The molecule has 0 saturated carbocycles. The number of carboxylic acid groups (broad SMARTS) is 2. The van der Waals surface area contributed by atoms with E-state index in [9.17, 15) is 19.8 Å². The van der Waals surface area contributed by atoms with Gasteiger partial charge in [0.15, 0.2) is 0 Å². The van der Waals surface area contributed by atoms with Gasteiger partial charge in [-0.2, -0.15) is 0 Å². The van der Waals surface area contributed by atoms with Crippen LogP contribution in [0.2, 0.25) is 10.0 Å². The zero-order valence-corrected chi connectivity index (χ0v) is 23.5. The Kier molecular flexibility index (Phi) is 8.66. The number of aromatic nitrogens is 3. The number of hydrogen-bond donors (Lipinski definition) is 3. The molecule has 1 aromatic heterocycles. The maximum absolute atomic E-state index is 13.1. The Morgan fingerprint density at radius 2 is 1.87 bits per heavy atom. The number of piperidine rings is 1. The second-order valence-electron chi connectivity index (χ2n) is 10.1. The third-order valence-electron chi connectivity index (χ3n) is 8.16. The first kappa shape index (κ1) is 29.0. The van der Waals surface area contributed by atoms with Crippen molar-refractivity contribution in [2.24, 2.45) is 10.8 Å². The van der Waals surface area contributed by atoms with Crippen LogP contribution in [0.25, 0.3) is 11.3 Å². The molecule has 0 radical (unpaired) electrons. The first-order valence-electron chi connectivity index (χ1n) is 12.8. The number of carbonyl (C=O) groups is 2. The van der Waals surface area contributed by atoms with E-state index in [0.29, 0.717) is 27.8 Å². The molecule has 2 heterocycles. The van der Waals surface area contributed by atoms with E-state index in [1.807, 2.05) is 12.1 Å². The zero-order chi connectivity index (χ0) is 28.4. The first-order chi connectivity index (χ1) is 18.5. The van der Waals surface area contributed by atoms with Crippen molar-refractivity contribution in [3.8, 4) is 11.3 Å². The van der Waals surface area contributed by atoms with Gasteiger partial charge in [-0.1, -0.05) is 65.7 Å². The lowest BCUT2D eigenvalue weighted by atomic mass is 9.51. The van der Waals surface area contributed by atoms with Gasteiger partial charge in [0.05, 0.1) is 36.8 Å². The Morgan fingerprint density at radius 1 is 1.13 bits per heavy atom. The molecule has 39 heavy (non-hydrogen) atoms. The van der Waals surface area contributed by atoms with E-state index in [2.05, 4.69) is 15.6 Å². The lowest BCUT2D eigenvalue weighted by molar-refractivity contribution is -0.174. The van der Waals surface area contributed by atoms with Crippen LogP contribution in [0.3, 0.4) is 0 Å². The van der Waals surface area contributed by atoms with E-state index in [-0.39, 0.29) is 19.6 Å². The van der Waals surface area contributed by atoms with E-state index >= 15 is 0 Å². The summed E-state index contributed by atoms with van der Waals surface area (Å²) in [6.07, 6.45) is 1.95. The van der Waals surface area contributed by atoms with Crippen molar-refractivity contribution in [2.75, 3.05) is 13.2 Å². The summed E-state index contributed by atoms with van der Waals surface area (Å²) in [4.78, 5) is 25.8. The minimum Gasteiger partial charge on any atom is -0.481 e. The monoisotopic (exact) mass is 574 g/mol. The highest BCUT2D eigenvalue weighted by Crippen LogP contribution is 2.58. The minimum absolute atomic E-state index is 0.0526. The summed E-state index contributed by atoms with van der Waals surface area (Å²) < 4.78 is 7.64. The largest absolute Gasteiger partial charge is 0.481 e. The van der Waals surface area contributed by atoms with Crippen LogP contribution < -0.4 is 5.32 Å². The number of nitrogens with zero attached hydrogens (tertiary/aromatic N) is 3. The molecule has 4 rings (SSSR count). The lowest BCUT2D eigenvalue weighted by Gasteiger charge is -2.56. The first-order valence-corrected chi connectivity index (χ1v) is 13.5. The van der Waals surface area contributed by atoms with E-state index in [4.69, 9.17) is 27.9 Å². The topological polar surface area (TPSA) is 127 Å². The standard InChI is InChI=1S/C28H32Cl2N4O5/c1-4-28(26(37)38)23(16-39-13-12-34-15-22(32-33-34)18-8-7-9-19(29)14-18)31-17(2)27(3,25(35)36)24(28)20-10-5-6-11-21(20)30/h5-11,14-15,17,23-24,31H,4,12-13,16H2,1-3H3,(H,35,36)(H,37,38).